The van der Waals surface area contributed by atoms with E-state index in [9.17, 15) is 29.1 Å². The first-order valence-corrected chi connectivity index (χ1v) is 13.1. The molecule has 13 heteroatoms. The highest BCUT2D eigenvalue weighted by atomic mass is 32.2. The summed E-state index contributed by atoms with van der Waals surface area (Å²) in [5.41, 5.74) is 11.4. The van der Waals surface area contributed by atoms with Gasteiger partial charge in [0.15, 0.2) is 0 Å². The van der Waals surface area contributed by atoms with E-state index in [0.717, 1.165) is 0 Å². The summed E-state index contributed by atoms with van der Waals surface area (Å²) in [4.78, 5) is 60.9. The molecular weight excluding hydrogens is 478 g/mol. The van der Waals surface area contributed by atoms with Crippen LogP contribution < -0.4 is 27.4 Å². The first kappa shape index (κ1) is 32.6. The third-order valence-corrected chi connectivity index (χ3v) is 5.80. The van der Waals surface area contributed by atoms with E-state index < -0.39 is 60.2 Å². The van der Waals surface area contributed by atoms with Crippen LogP contribution in [0.3, 0.4) is 0 Å². The molecule has 3 amide bonds. The fraction of sp³-hybridized carbons (Fsp3) is 0.773. The molecule has 4 unspecified atom stereocenters. The van der Waals surface area contributed by atoms with Crippen LogP contribution in [0.2, 0.25) is 0 Å². The molecule has 4 atom stereocenters. The van der Waals surface area contributed by atoms with Crippen LogP contribution in [0.4, 0.5) is 0 Å². The average Bonchev–Trinajstić information content (AvgIpc) is 2.78. The van der Waals surface area contributed by atoms with Crippen molar-refractivity contribution in [1.82, 2.24) is 16.0 Å². The highest BCUT2D eigenvalue weighted by Gasteiger charge is 2.30. The average molecular weight is 520 g/mol. The van der Waals surface area contributed by atoms with Crippen molar-refractivity contribution in [2.75, 3.05) is 18.6 Å². The Balaban J connectivity index is 5.54. The number of rotatable bonds is 19. The van der Waals surface area contributed by atoms with Gasteiger partial charge in [0.1, 0.15) is 18.1 Å². The molecule has 0 saturated carbocycles. The van der Waals surface area contributed by atoms with Crippen LogP contribution in [0.25, 0.3) is 0 Å². The van der Waals surface area contributed by atoms with E-state index in [0.29, 0.717) is 31.6 Å². The van der Waals surface area contributed by atoms with Gasteiger partial charge in [0.25, 0.3) is 0 Å². The number of nitrogens with two attached hydrogens (primary N) is 2. The van der Waals surface area contributed by atoms with Gasteiger partial charge in [-0.05, 0) is 63.0 Å². The van der Waals surface area contributed by atoms with Gasteiger partial charge in [-0.1, -0.05) is 13.8 Å². The Bertz CT molecular complexity index is 708. The Morgan fingerprint density at radius 3 is 1.86 bits per heavy atom. The van der Waals surface area contributed by atoms with Gasteiger partial charge in [0, 0.05) is 6.42 Å². The third-order valence-electron chi connectivity index (χ3n) is 5.15. The van der Waals surface area contributed by atoms with Gasteiger partial charge in [0.2, 0.25) is 17.7 Å². The zero-order valence-electron chi connectivity index (χ0n) is 20.7. The minimum atomic E-state index is -1.23. The molecule has 202 valence electrons. The van der Waals surface area contributed by atoms with Crippen LogP contribution in [0.1, 0.15) is 58.8 Å². The molecule has 0 aliphatic carbocycles. The molecule has 35 heavy (non-hydrogen) atoms. The highest BCUT2D eigenvalue weighted by Crippen LogP contribution is 2.09. The SMILES string of the molecule is CSCCC(N)C(=O)NC(CCC(=O)O)C(=O)NC(CCCCN)C(=O)NC(CC(C)C)C(=O)O. The Hall–Kier alpha value is -2.38. The fourth-order valence-corrected chi connectivity index (χ4v) is 3.68. The Morgan fingerprint density at radius 2 is 1.37 bits per heavy atom. The normalized spacial score (nSPS) is 14.5. The van der Waals surface area contributed by atoms with E-state index in [4.69, 9.17) is 16.6 Å². The lowest BCUT2D eigenvalue weighted by molar-refractivity contribution is -0.142. The lowest BCUT2D eigenvalue weighted by Crippen LogP contribution is -2.57. The van der Waals surface area contributed by atoms with E-state index >= 15 is 0 Å². The van der Waals surface area contributed by atoms with Gasteiger partial charge in [-0.3, -0.25) is 19.2 Å². The van der Waals surface area contributed by atoms with Gasteiger partial charge in [-0.2, -0.15) is 11.8 Å². The second-order valence-electron chi connectivity index (χ2n) is 8.76. The molecule has 0 spiro atoms. The second-order valence-corrected chi connectivity index (χ2v) is 9.74. The lowest BCUT2D eigenvalue weighted by Gasteiger charge is -2.25. The number of carbonyl (C=O) groups excluding carboxylic acids is 3. The lowest BCUT2D eigenvalue weighted by atomic mass is 10.0. The monoisotopic (exact) mass is 519 g/mol. The maximum Gasteiger partial charge on any atom is 0.326 e. The zero-order chi connectivity index (χ0) is 27.0. The summed E-state index contributed by atoms with van der Waals surface area (Å²) in [5, 5.41) is 26.0. The first-order valence-electron chi connectivity index (χ1n) is 11.7. The van der Waals surface area contributed by atoms with E-state index in [1.807, 2.05) is 20.1 Å². The van der Waals surface area contributed by atoms with Crippen molar-refractivity contribution in [3.05, 3.63) is 0 Å². The largest absolute Gasteiger partial charge is 0.481 e. The molecule has 0 fully saturated rings. The van der Waals surface area contributed by atoms with Gasteiger partial charge < -0.3 is 37.6 Å². The number of hydrogen-bond donors (Lipinski definition) is 7. The van der Waals surface area contributed by atoms with Crippen molar-refractivity contribution in [3.8, 4) is 0 Å². The number of thioether (sulfide) groups is 1. The molecule has 0 radical (unpaired) electrons. The number of nitrogens with one attached hydrogen (secondary N) is 3. The minimum absolute atomic E-state index is 0.00705. The molecule has 0 heterocycles. The molecule has 0 aliphatic heterocycles. The van der Waals surface area contributed by atoms with Crippen LogP contribution >= 0.6 is 11.8 Å². The maximum absolute atomic E-state index is 13.0. The molecule has 0 aromatic heterocycles. The Kier molecular flexibility index (Phi) is 16.7. The van der Waals surface area contributed by atoms with Crippen LogP contribution in [-0.4, -0.2) is 82.6 Å². The number of carbonyl (C=O) groups is 5. The molecule has 0 aromatic carbocycles. The topological polar surface area (TPSA) is 214 Å². The van der Waals surface area contributed by atoms with E-state index in [-0.39, 0.29) is 25.2 Å². The predicted octanol–water partition coefficient (Wildman–Crippen LogP) is -0.354. The van der Waals surface area contributed by atoms with E-state index in [1.165, 1.54) is 11.8 Å². The summed E-state index contributed by atoms with van der Waals surface area (Å²) in [6.45, 7) is 4.02. The summed E-state index contributed by atoms with van der Waals surface area (Å²) < 4.78 is 0. The predicted molar refractivity (Wildman–Crippen MR) is 134 cm³/mol. The van der Waals surface area contributed by atoms with Crippen molar-refractivity contribution in [3.63, 3.8) is 0 Å². The molecule has 0 bridgehead atoms. The van der Waals surface area contributed by atoms with Crippen molar-refractivity contribution >= 4 is 41.4 Å². The summed E-state index contributed by atoms with van der Waals surface area (Å²) in [6.07, 6.45) is 3.10. The number of hydrogen-bond acceptors (Lipinski definition) is 8. The number of amides is 3. The Labute approximate surface area is 210 Å². The summed E-state index contributed by atoms with van der Waals surface area (Å²) >= 11 is 1.51. The van der Waals surface area contributed by atoms with Gasteiger partial charge >= 0.3 is 11.9 Å². The van der Waals surface area contributed by atoms with Crippen molar-refractivity contribution in [2.24, 2.45) is 17.4 Å². The Morgan fingerprint density at radius 1 is 0.829 bits per heavy atom. The maximum atomic E-state index is 13.0. The number of aliphatic carboxylic acids is 2. The zero-order valence-corrected chi connectivity index (χ0v) is 21.6. The molecule has 0 aliphatic rings. The number of carboxylic acids is 2. The minimum Gasteiger partial charge on any atom is -0.481 e. The third kappa shape index (κ3) is 14.6. The number of unbranched alkanes of at least 4 members (excludes halogenated alkanes) is 1. The molecule has 0 saturated heterocycles. The number of carboxylic acid groups (broad SMARTS) is 2. The second kappa shape index (κ2) is 18.0. The van der Waals surface area contributed by atoms with Crippen LogP contribution in [-0.2, 0) is 24.0 Å². The van der Waals surface area contributed by atoms with E-state index in [2.05, 4.69) is 16.0 Å². The molecule has 12 nitrogen and oxygen atoms in total. The van der Waals surface area contributed by atoms with Gasteiger partial charge in [-0.25, -0.2) is 4.79 Å². The molecule has 9 N–H and O–H groups in total. The van der Waals surface area contributed by atoms with Crippen molar-refractivity contribution in [2.45, 2.75) is 83.0 Å². The van der Waals surface area contributed by atoms with Crippen LogP contribution in [0, 0.1) is 5.92 Å². The summed E-state index contributed by atoms with van der Waals surface area (Å²) in [7, 11) is 0. The van der Waals surface area contributed by atoms with Gasteiger partial charge in [-0.15, -0.1) is 0 Å². The first-order chi connectivity index (χ1) is 16.4. The van der Waals surface area contributed by atoms with Crippen LogP contribution in [0.15, 0.2) is 0 Å². The van der Waals surface area contributed by atoms with E-state index in [1.54, 1.807) is 0 Å². The molecule has 0 rings (SSSR count). The summed E-state index contributed by atoms with van der Waals surface area (Å²) in [5.74, 6) is -3.73. The fourth-order valence-electron chi connectivity index (χ4n) is 3.19. The van der Waals surface area contributed by atoms with Crippen molar-refractivity contribution in [1.29, 1.82) is 0 Å². The molecular formula is C22H41N5O7S. The van der Waals surface area contributed by atoms with Crippen molar-refractivity contribution < 1.29 is 34.2 Å². The van der Waals surface area contributed by atoms with Gasteiger partial charge in [0.05, 0.1) is 6.04 Å². The molecule has 0 aromatic rings. The van der Waals surface area contributed by atoms with Crippen LogP contribution in [0.5, 0.6) is 0 Å². The smallest absolute Gasteiger partial charge is 0.326 e. The standard InChI is InChI=1S/C22H41N5O7S/c1-13(2)12-17(22(33)34)27-20(31)15(6-4-5-10-23)26-21(32)16(7-8-18(28)29)25-19(30)14(24)9-11-35-3/h13-17H,4-12,23-24H2,1-3H3,(H,25,30)(H,26,32)(H,27,31)(H,28,29)(H,33,34). The summed E-state index contributed by atoms with van der Waals surface area (Å²) in [6, 6.07) is -4.32. The quantitative estimate of drug-likeness (QED) is 0.110. The highest BCUT2D eigenvalue weighted by molar-refractivity contribution is 7.98.